The first-order valence-electron chi connectivity index (χ1n) is 8.41. The van der Waals surface area contributed by atoms with Crippen LogP contribution in [-0.2, 0) is 4.79 Å². The molecule has 1 saturated heterocycles. The molecule has 2 heterocycles. The van der Waals surface area contributed by atoms with Gasteiger partial charge in [-0.3, -0.25) is 9.69 Å². The van der Waals surface area contributed by atoms with Crippen LogP contribution in [0.5, 0.6) is 0 Å². The summed E-state index contributed by atoms with van der Waals surface area (Å²) in [6.45, 7) is 0.237. The number of allylic oxidation sites excluding steroid dienone is 1. The number of rotatable bonds is 2. The van der Waals surface area contributed by atoms with Crippen molar-refractivity contribution in [2.24, 2.45) is 0 Å². The lowest BCUT2D eigenvalue weighted by atomic mass is 9.86. The largest absolute Gasteiger partial charge is 0.341 e. The third-order valence-electron chi connectivity index (χ3n) is 4.76. The maximum atomic E-state index is 14.1. The van der Waals surface area contributed by atoms with E-state index in [9.17, 15) is 14.4 Å². The third kappa shape index (κ3) is 3.29. The van der Waals surface area contributed by atoms with Crippen LogP contribution < -0.4 is 4.90 Å². The molecule has 2 aromatic carbocycles. The second-order valence-electron chi connectivity index (χ2n) is 6.37. The minimum absolute atomic E-state index is 0.0718. The number of thioether (sulfide) groups is 1. The molecule has 0 radical (unpaired) electrons. The number of carbonyl (C=O) groups is 1. The van der Waals surface area contributed by atoms with Gasteiger partial charge in [0.15, 0.2) is 0 Å². The highest BCUT2D eigenvalue weighted by molar-refractivity contribution is 8.03. The molecule has 0 N–H and O–H groups in total. The van der Waals surface area contributed by atoms with Crippen LogP contribution in [0.1, 0.15) is 17.9 Å². The van der Waals surface area contributed by atoms with Gasteiger partial charge in [-0.15, -0.1) is 0 Å². The smallest absolute Gasteiger partial charge is 0.229 e. The average Bonchev–Trinajstić information content (AvgIpc) is 2.69. The molecule has 4 rings (SSSR count). The molecule has 0 spiro atoms. The number of halogens is 2. The van der Waals surface area contributed by atoms with E-state index in [0.717, 1.165) is 5.56 Å². The topological polar surface area (TPSA) is 47.3 Å². The normalized spacial score (nSPS) is 19.7. The van der Waals surface area contributed by atoms with Crippen LogP contribution in [0, 0.1) is 17.1 Å². The lowest BCUT2D eigenvalue weighted by Gasteiger charge is -2.42. The Morgan fingerprint density at radius 3 is 2.63 bits per heavy atom. The Kier molecular flexibility index (Phi) is 4.81. The minimum Gasteiger partial charge on any atom is -0.341 e. The van der Waals surface area contributed by atoms with Crippen molar-refractivity contribution in [1.82, 2.24) is 4.90 Å². The highest BCUT2D eigenvalue weighted by Gasteiger charge is 2.38. The molecule has 0 unspecified atom stereocenters. The standard InChI is InChI=1S/C20H15ClFN3OS/c21-14-7-5-13(6-8-14)15-9-19(26)25-11-24(12-27-20(25)16(15)10-23)18-4-2-1-3-17(18)22/h1-8,15H,9,11-12H2/t15-/m0/s1. The molecule has 2 aliphatic heterocycles. The van der Waals surface area contributed by atoms with Crippen LogP contribution >= 0.6 is 23.4 Å². The van der Waals surface area contributed by atoms with Gasteiger partial charge >= 0.3 is 0 Å². The van der Waals surface area contributed by atoms with Crippen molar-refractivity contribution in [3.8, 4) is 6.07 Å². The molecule has 0 bridgehead atoms. The number of nitrogens with zero attached hydrogens (tertiary/aromatic N) is 3. The van der Waals surface area contributed by atoms with Gasteiger partial charge in [0, 0.05) is 17.4 Å². The van der Waals surface area contributed by atoms with Crippen molar-refractivity contribution in [2.45, 2.75) is 12.3 Å². The van der Waals surface area contributed by atoms with Crippen LogP contribution in [0.15, 0.2) is 59.1 Å². The first-order chi connectivity index (χ1) is 13.1. The van der Waals surface area contributed by atoms with E-state index in [2.05, 4.69) is 6.07 Å². The van der Waals surface area contributed by atoms with Crippen LogP contribution in [0.4, 0.5) is 10.1 Å². The van der Waals surface area contributed by atoms with Gasteiger partial charge in [-0.2, -0.15) is 5.26 Å². The highest BCUT2D eigenvalue weighted by atomic mass is 35.5. The lowest BCUT2D eigenvalue weighted by Crippen LogP contribution is -2.47. The van der Waals surface area contributed by atoms with Crippen molar-refractivity contribution < 1.29 is 9.18 Å². The predicted molar refractivity (Wildman–Crippen MR) is 104 cm³/mol. The van der Waals surface area contributed by atoms with E-state index >= 15 is 0 Å². The number of benzene rings is 2. The van der Waals surface area contributed by atoms with Crippen molar-refractivity contribution in [2.75, 3.05) is 17.4 Å². The van der Waals surface area contributed by atoms with Crippen LogP contribution in [0.25, 0.3) is 0 Å². The Labute approximate surface area is 165 Å². The van der Waals surface area contributed by atoms with Gasteiger partial charge < -0.3 is 4.90 Å². The Hall–Kier alpha value is -2.49. The quantitative estimate of drug-likeness (QED) is 0.734. The van der Waals surface area contributed by atoms with Gasteiger partial charge in [0.1, 0.15) is 5.82 Å². The van der Waals surface area contributed by atoms with E-state index in [1.165, 1.54) is 17.8 Å². The van der Waals surface area contributed by atoms with E-state index in [4.69, 9.17) is 11.6 Å². The fraction of sp³-hybridized carbons (Fsp3) is 0.200. The Morgan fingerprint density at radius 1 is 1.19 bits per heavy atom. The molecule has 4 nitrogen and oxygen atoms in total. The highest BCUT2D eigenvalue weighted by Crippen LogP contribution is 2.43. The molecule has 27 heavy (non-hydrogen) atoms. The Morgan fingerprint density at radius 2 is 1.93 bits per heavy atom. The summed E-state index contributed by atoms with van der Waals surface area (Å²) >= 11 is 7.35. The number of anilines is 1. The molecule has 7 heteroatoms. The number of nitriles is 1. The molecule has 1 fully saturated rings. The maximum absolute atomic E-state index is 14.1. The van der Waals surface area contributed by atoms with E-state index in [-0.39, 0.29) is 30.7 Å². The summed E-state index contributed by atoms with van der Waals surface area (Å²) in [6, 6.07) is 16.0. The second-order valence-corrected chi connectivity index (χ2v) is 7.74. The molecule has 2 aromatic rings. The number of hydrogen-bond donors (Lipinski definition) is 0. The van der Waals surface area contributed by atoms with E-state index in [1.807, 2.05) is 12.1 Å². The molecule has 0 aromatic heterocycles. The fourth-order valence-electron chi connectivity index (χ4n) is 3.40. The van der Waals surface area contributed by atoms with Crippen LogP contribution in [0.2, 0.25) is 5.02 Å². The van der Waals surface area contributed by atoms with Crippen molar-refractivity contribution in [1.29, 1.82) is 5.26 Å². The first kappa shape index (κ1) is 17.9. The summed E-state index contributed by atoms with van der Waals surface area (Å²) in [4.78, 5) is 16.2. The van der Waals surface area contributed by atoms with Gasteiger partial charge in [-0.25, -0.2) is 4.39 Å². The molecule has 1 atom stereocenters. The van der Waals surface area contributed by atoms with E-state index in [1.54, 1.807) is 40.1 Å². The Balaban J connectivity index is 1.68. The van der Waals surface area contributed by atoms with Gasteiger partial charge in [0.2, 0.25) is 5.91 Å². The summed E-state index contributed by atoms with van der Waals surface area (Å²) in [5.74, 6) is -0.205. The molecule has 136 valence electrons. The van der Waals surface area contributed by atoms with Crippen LogP contribution in [0.3, 0.4) is 0 Å². The van der Waals surface area contributed by atoms with E-state index < -0.39 is 0 Å². The number of amides is 1. The molecule has 2 aliphatic rings. The molecular formula is C20H15ClFN3OS. The molecular weight excluding hydrogens is 385 g/mol. The summed E-state index contributed by atoms with van der Waals surface area (Å²) in [5.41, 5.74) is 1.93. The van der Waals surface area contributed by atoms with Crippen molar-refractivity contribution in [3.05, 3.63) is 75.5 Å². The van der Waals surface area contributed by atoms with Gasteiger partial charge in [0.05, 0.1) is 34.9 Å². The summed E-state index contributed by atoms with van der Waals surface area (Å²) in [7, 11) is 0. The maximum Gasteiger partial charge on any atom is 0.229 e. The SMILES string of the molecule is N#CC1=C2SCN(c3ccccc3F)CN2C(=O)C[C@H]1c1ccc(Cl)cc1. The predicted octanol–water partition coefficient (Wildman–Crippen LogP) is 4.70. The summed E-state index contributed by atoms with van der Waals surface area (Å²) < 4.78 is 14.1. The molecule has 0 saturated carbocycles. The fourth-order valence-corrected chi connectivity index (χ4v) is 4.69. The number of fused-ring (bicyclic) bond motifs is 1. The number of para-hydroxylation sites is 1. The van der Waals surface area contributed by atoms with Gasteiger partial charge in [-0.1, -0.05) is 47.6 Å². The zero-order valence-electron chi connectivity index (χ0n) is 14.2. The van der Waals surface area contributed by atoms with E-state index in [0.29, 0.717) is 27.2 Å². The van der Waals surface area contributed by atoms with Gasteiger partial charge in [0.25, 0.3) is 0 Å². The number of hydrogen-bond acceptors (Lipinski definition) is 4. The first-order valence-corrected chi connectivity index (χ1v) is 9.77. The third-order valence-corrected chi connectivity index (χ3v) is 6.17. The Bertz CT molecular complexity index is 970. The molecule has 1 amide bonds. The number of carbonyl (C=O) groups excluding carboxylic acids is 1. The summed E-state index contributed by atoms with van der Waals surface area (Å²) in [5, 5.41) is 11.1. The molecule has 0 aliphatic carbocycles. The van der Waals surface area contributed by atoms with Crippen molar-refractivity contribution in [3.63, 3.8) is 0 Å². The second kappa shape index (κ2) is 7.26. The van der Waals surface area contributed by atoms with Gasteiger partial charge in [-0.05, 0) is 29.8 Å². The monoisotopic (exact) mass is 399 g/mol. The summed E-state index contributed by atoms with van der Waals surface area (Å²) in [6.07, 6.45) is 0.208. The van der Waals surface area contributed by atoms with Crippen molar-refractivity contribution >= 4 is 35.0 Å². The zero-order chi connectivity index (χ0) is 19.0. The lowest BCUT2D eigenvalue weighted by molar-refractivity contribution is -0.129. The zero-order valence-corrected chi connectivity index (χ0v) is 15.8. The van der Waals surface area contributed by atoms with Crippen LogP contribution in [-0.4, -0.2) is 23.4 Å². The average molecular weight is 400 g/mol. The minimum atomic E-state index is -0.325.